The molecule has 0 radical (unpaired) electrons. The Morgan fingerprint density at radius 1 is 0.320 bits per heavy atom. The summed E-state index contributed by atoms with van der Waals surface area (Å²) < 4.78 is 13.1. The van der Waals surface area contributed by atoms with Gasteiger partial charge in [-0.3, -0.25) is 0 Å². The molecule has 0 aliphatic rings. The monoisotopic (exact) mass is 641 g/mol. The van der Waals surface area contributed by atoms with Crippen LogP contribution < -0.4 is 0 Å². The lowest BCUT2D eigenvalue weighted by Gasteiger charge is -2.09. The van der Waals surface area contributed by atoms with Gasteiger partial charge in [0.05, 0.1) is 5.56 Å². The van der Waals surface area contributed by atoms with E-state index in [4.69, 9.17) is 23.8 Å². The van der Waals surface area contributed by atoms with Gasteiger partial charge in [0, 0.05) is 32.7 Å². The van der Waals surface area contributed by atoms with Crippen molar-refractivity contribution in [1.82, 2.24) is 15.0 Å². The molecule has 0 saturated heterocycles. The lowest BCUT2D eigenvalue weighted by Crippen LogP contribution is -2.00. The molecule has 50 heavy (non-hydrogen) atoms. The summed E-state index contributed by atoms with van der Waals surface area (Å²) in [5, 5.41) is 4.19. The first kappa shape index (κ1) is 28.2. The normalized spacial score (nSPS) is 11.6. The average Bonchev–Trinajstić information content (AvgIpc) is 3.76. The van der Waals surface area contributed by atoms with Crippen molar-refractivity contribution in [2.45, 2.75) is 0 Å². The van der Waals surface area contributed by atoms with Gasteiger partial charge in [-0.1, -0.05) is 127 Å². The quantitative estimate of drug-likeness (QED) is 0.187. The van der Waals surface area contributed by atoms with Crippen molar-refractivity contribution < 1.29 is 8.83 Å². The first-order valence-corrected chi connectivity index (χ1v) is 16.6. The fourth-order valence-corrected chi connectivity index (χ4v) is 6.95. The molecule has 10 rings (SSSR count). The Morgan fingerprint density at radius 3 is 1.68 bits per heavy atom. The molecule has 10 aromatic rings. The highest BCUT2D eigenvalue weighted by Gasteiger charge is 2.19. The number of hydrogen-bond donors (Lipinski definition) is 0. The summed E-state index contributed by atoms with van der Waals surface area (Å²) in [6, 6.07) is 55.7. The molecule has 0 amide bonds. The first-order chi connectivity index (χ1) is 24.8. The van der Waals surface area contributed by atoms with Gasteiger partial charge >= 0.3 is 0 Å². The second-order valence-corrected chi connectivity index (χ2v) is 12.4. The van der Waals surface area contributed by atoms with Crippen LogP contribution in [-0.4, -0.2) is 15.0 Å². The Bertz CT molecular complexity index is 2860. The molecule has 0 N–H and O–H groups in total. The molecule has 0 unspecified atom stereocenters. The van der Waals surface area contributed by atoms with Gasteiger partial charge in [0.1, 0.15) is 22.3 Å². The van der Waals surface area contributed by atoms with Crippen LogP contribution in [0.15, 0.2) is 173 Å². The summed E-state index contributed by atoms with van der Waals surface area (Å²) in [6.07, 6.45) is 0. The van der Waals surface area contributed by atoms with Crippen molar-refractivity contribution in [3.8, 4) is 56.4 Å². The van der Waals surface area contributed by atoms with Crippen LogP contribution in [0.4, 0.5) is 0 Å². The highest BCUT2D eigenvalue weighted by molar-refractivity contribution is 6.13. The van der Waals surface area contributed by atoms with Gasteiger partial charge in [-0.2, -0.15) is 0 Å². The van der Waals surface area contributed by atoms with Crippen LogP contribution in [0.25, 0.3) is 100 Å². The fraction of sp³-hybridized carbons (Fsp3) is 0. The van der Waals surface area contributed by atoms with Gasteiger partial charge in [-0.05, 0) is 58.7 Å². The maximum atomic E-state index is 6.61. The van der Waals surface area contributed by atoms with Crippen molar-refractivity contribution >= 4 is 43.9 Å². The Kier molecular flexibility index (Phi) is 6.42. The standard InChI is InChI=1S/C45H27N3O2/c1-4-12-28(13-5-1)31-22-24-34-35-19-10-20-37(42(35)50-39(34)26-31)45-47-43(30-16-8-3-9-17-30)46-44(48-45)32-23-25-36-40(27-32)49-38-21-11-18-33(41(36)38)29-14-6-2-7-15-29/h1-27H. The summed E-state index contributed by atoms with van der Waals surface area (Å²) >= 11 is 0. The van der Waals surface area contributed by atoms with Crippen molar-refractivity contribution in [1.29, 1.82) is 0 Å². The van der Waals surface area contributed by atoms with Crippen LogP contribution >= 0.6 is 0 Å². The topological polar surface area (TPSA) is 65.0 Å². The molecule has 5 nitrogen and oxygen atoms in total. The van der Waals surface area contributed by atoms with Gasteiger partial charge in [0.25, 0.3) is 0 Å². The van der Waals surface area contributed by atoms with E-state index in [1.807, 2.05) is 84.9 Å². The summed E-state index contributed by atoms with van der Waals surface area (Å²) in [5.41, 5.74) is 10.2. The lowest BCUT2D eigenvalue weighted by molar-refractivity contribution is 0.668. The number of fused-ring (bicyclic) bond motifs is 6. The first-order valence-electron chi connectivity index (χ1n) is 16.6. The molecule has 234 valence electrons. The van der Waals surface area contributed by atoms with Crippen LogP contribution in [-0.2, 0) is 0 Å². The summed E-state index contributed by atoms with van der Waals surface area (Å²) in [7, 11) is 0. The summed E-state index contributed by atoms with van der Waals surface area (Å²) in [6.45, 7) is 0. The van der Waals surface area contributed by atoms with E-state index in [1.54, 1.807) is 0 Å². The molecular formula is C45H27N3O2. The Balaban J connectivity index is 1.15. The number of furan rings is 2. The van der Waals surface area contributed by atoms with Crippen LogP contribution in [0.1, 0.15) is 0 Å². The highest BCUT2D eigenvalue weighted by Crippen LogP contribution is 2.40. The lowest BCUT2D eigenvalue weighted by atomic mass is 9.99. The molecule has 0 fully saturated rings. The largest absolute Gasteiger partial charge is 0.456 e. The number of benzene rings is 7. The minimum absolute atomic E-state index is 0.540. The van der Waals surface area contributed by atoms with E-state index in [0.29, 0.717) is 17.5 Å². The Hall–Kier alpha value is -6.85. The molecule has 3 heterocycles. The summed E-state index contributed by atoms with van der Waals surface area (Å²) in [5.74, 6) is 1.68. The van der Waals surface area contributed by atoms with Crippen LogP contribution in [0.2, 0.25) is 0 Å². The number of nitrogens with zero attached hydrogens (tertiary/aromatic N) is 3. The SMILES string of the molecule is c1ccc(-c2ccc3c(c2)oc2c(-c4nc(-c5ccccc5)nc(-c5ccc6c(c5)oc5cccc(-c7ccccc7)c56)n4)cccc23)cc1. The maximum Gasteiger partial charge on any atom is 0.167 e. The van der Waals surface area contributed by atoms with Gasteiger partial charge in [-0.15, -0.1) is 0 Å². The molecular weight excluding hydrogens is 615 g/mol. The number of rotatable bonds is 5. The molecule has 7 aromatic carbocycles. The van der Waals surface area contributed by atoms with E-state index in [2.05, 4.69) is 78.9 Å². The van der Waals surface area contributed by atoms with Crippen LogP contribution in [0.3, 0.4) is 0 Å². The Labute approximate surface area is 287 Å². The number of aromatic nitrogens is 3. The van der Waals surface area contributed by atoms with Gasteiger partial charge < -0.3 is 8.83 Å². The highest BCUT2D eigenvalue weighted by atomic mass is 16.3. The average molecular weight is 642 g/mol. The third-order valence-corrected chi connectivity index (χ3v) is 9.35. The van der Waals surface area contributed by atoms with E-state index in [9.17, 15) is 0 Å². The van der Waals surface area contributed by atoms with E-state index < -0.39 is 0 Å². The van der Waals surface area contributed by atoms with E-state index in [-0.39, 0.29) is 0 Å². The van der Waals surface area contributed by atoms with Gasteiger partial charge in [-0.25, -0.2) is 15.0 Å². The minimum atomic E-state index is 0.540. The fourth-order valence-electron chi connectivity index (χ4n) is 6.95. The molecule has 5 heteroatoms. The zero-order chi connectivity index (χ0) is 33.0. The van der Waals surface area contributed by atoms with E-state index in [1.165, 1.54) is 0 Å². The smallest absolute Gasteiger partial charge is 0.167 e. The Morgan fingerprint density at radius 2 is 0.900 bits per heavy atom. The molecule has 3 aromatic heterocycles. The molecule has 0 aliphatic heterocycles. The third kappa shape index (κ3) is 4.67. The summed E-state index contributed by atoms with van der Waals surface area (Å²) in [4.78, 5) is 15.1. The molecule has 0 atom stereocenters. The maximum absolute atomic E-state index is 6.61. The van der Waals surface area contributed by atoms with Crippen LogP contribution in [0.5, 0.6) is 0 Å². The van der Waals surface area contributed by atoms with Gasteiger partial charge in [0.15, 0.2) is 17.5 Å². The molecule has 0 aliphatic carbocycles. The zero-order valence-electron chi connectivity index (χ0n) is 26.7. The van der Waals surface area contributed by atoms with Gasteiger partial charge in [0.2, 0.25) is 0 Å². The van der Waals surface area contributed by atoms with E-state index in [0.717, 1.165) is 82.8 Å². The predicted molar refractivity (Wildman–Crippen MR) is 202 cm³/mol. The van der Waals surface area contributed by atoms with Crippen molar-refractivity contribution in [3.05, 3.63) is 164 Å². The molecule has 0 spiro atoms. The molecule has 0 bridgehead atoms. The number of hydrogen-bond acceptors (Lipinski definition) is 5. The van der Waals surface area contributed by atoms with Crippen molar-refractivity contribution in [2.24, 2.45) is 0 Å². The molecule has 0 saturated carbocycles. The van der Waals surface area contributed by atoms with Crippen molar-refractivity contribution in [2.75, 3.05) is 0 Å². The minimum Gasteiger partial charge on any atom is -0.456 e. The zero-order valence-corrected chi connectivity index (χ0v) is 26.7. The van der Waals surface area contributed by atoms with E-state index >= 15 is 0 Å². The second kappa shape index (κ2) is 11.4. The van der Waals surface area contributed by atoms with Crippen molar-refractivity contribution in [3.63, 3.8) is 0 Å². The predicted octanol–water partition coefficient (Wildman–Crippen LogP) is 12.0. The second-order valence-electron chi connectivity index (χ2n) is 12.4. The third-order valence-electron chi connectivity index (χ3n) is 9.35. The van der Waals surface area contributed by atoms with Crippen LogP contribution in [0, 0.1) is 0 Å². The number of para-hydroxylation sites is 1.